The van der Waals surface area contributed by atoms with Gasteiger partial charge in [-0.05, 0) is 66.6 Å². The van der Waals surface area contributed by atoms with Gasteiger partial charge < -0.3 is 10.0 Å². The Hall–Kier alpha value is -4.04. The molecule has 35 heavy (non-hydrogen) atoms. The van der Waals surface area contributed by atoms with Crippen LogP contribution >= 0.6 is 11.3 Å². The molecule has 1 fully saturated rings. The van der Waals surface area contributed by atoms with Gasteiger partial charge in [-0.15, -0.1) is 0 Å². The Labute approximate surface area is 205 Å². The zero-order chi connectivity index (χ0) is 24.9. The Morgan fingerprint density at radius 1 is 1.03 bits per heavy atom. The van der Waals surface area contributed by atoms with E-state index in [1.165, 1.54) is 40.5 Å². The Kier molecular flexibility index (Phi) is 5.61. The standard InChI is InChI=1S/C27H22FN3O3S/c1-15-4-13-20-21(14-15)35-27(29-20)31-23(16-7-11-19(12-8-16)30(2)3)22(25(33)26(31)34)24(32)17-5-9-18(28)10-6-17/h4-14,23,32H,1-3H3/b24-22+. The van der Waals surface area contributed by atoms with E-state index in [2.05, 4.69) is 4.98 Å². The van der Waals surface area contributed by atoms with Crippen LogP contribution in [-0.2, 0) is 9.59 Å². The largest absolute Gasteiger partial charge is 0.507 e. The highest BCUT2D eigenvalue weighted by Crippen LogP contribution is 2.44. The predicted octanol–water partition coefficient (Wildman–Crippen LogP) is 5.44. The highest BCUT2D eigenvalue weighted by atomic mass is 32.1. The molecule has 1 unspecified atom stereocenters. The van der Waals surface area contributed by atoms with Gasteiger partial charge >= 0.3 is 5.91 Å². The fourth-order valence-corrected chi connectivity index (χ4v) is 5.28. The Balaban J connectivity index is 1.71. The molecule has 1 amide bonds. The molecule has 5 rings (SSSR count). The molecule has 0 bridgehead atoms. The molecule has 1 aliphatic heterocycles. The van der Waals surface area contributed by atoms with Crippen LogP contribution in [-0.4, -0.2) is 35.9 Å². The number of thiazole rings is 1. The van der Waals surface area contributed by atoms with Crippen molar-refractivity contribution in [3.8, 4) is 0 Å². The monoisotopic (exact) mass is 487 g/mol. The highest BCUT2D eigenvalue weighted by Gasteiger charge is 2.48. The first-order chi connectivity index (χ1) is 16.7. The van der Waals surface area contributed by atoms with E-state index in [0.717, 1.165) is 21.5 Å². The molecule has 0 saturated carbocycles. The van der Waals surface area contributed by atoms with Gasteiger partial charge in [0.1, 0.15) is 11.6 Å². The molecule has 1 N–H and O–H groups in total. The summed E-state index contributed by atoms with van der Waals surface area (Å²) in [6.45, 7) is 1.97. The van der Waals surface area contributed by atoms with Gasteiger partial charge in [-0.25, -0.2) is 9.37 Å². The van der Waals surface area contributed by atoms with Crippen LogP contribution in [0.1, 0.15) is 22.7 Å². The SMILES string of the molecule is Cc1ccc2nc(N3C(=O)C(=O)/C(=C(/O)c4ccc(F)cc4)C3c3ccc(N(C)C)cc3)sc2c1. The molecule has 1 aromatic heterocycles. The number of rotatable bonds is 4. The van der Waals surface area contributed by atoms with Gasteiger partial charge in [-0.1, -0.05) is 29.5 Å². The highest BCUT2D eigenvalue weighted by molar-refractivity contribution is 7.22. The summed E-state index contributed by atoms with van der Waals surface area (Å²) in [5, 5.41) is 11.5. The summed E-state index contributed by atoms with van der Waals surface area (Å²) in [7, 11) is 3.83. The van der Waals surface area contributed by atoms with E-state index in [0.29, 0.717) is 10.7 Å². The van der Waals surface area contributed by atoms with Crippen molar-refractivity contribution in [2.75, 3.05) is 23.9 Å². The number of hydrogen-bond acceptors (Lipinski definition) is 6. The molecule has 0 aliphatic carbocycles. The molecule has 1 atom stereocenters. The molecule has 8 heteroatoms. The third-order valence-electron chi connectivity index (χ3n) is 6.03. The van der Waals surface area contributed by atoms with E-state index in [1.54, 1.807) is 0 Å². The zero-order valence-electron chi connectivity index (χ0n) is 19.3. The van der Waals surface area contributed by atoms with Crippen LogP contribution in [0, 0.1) is 12.7 Å². The number of fused-ring (bicyclic) bond motifs is 1. The van der Waals surface area contributed by atoms with Crippen LogP contribution in [0.25, 0.3) is 16.0 Å². The summed E-state index contributed by atoms with van der Waals surface area (Å²) in [5.74, 6) is -2.41. The number of carbonyl (C=O) groups is 2. The quantitative estimate of drug-likeness (QED) is 0.236. The van der Waals surface area contributed by atoms with Gasteiger partial charge in [0, 0.05) is 25.3 Å². The lowest BCUT2D eigenvalue weighted by atomic mass is 9.95. The number of aliphatic hydroxyl groups is 1. The number of aliphatic hydroxyl groups excluding tert-OH is 1. The zero-order valence-corrected chi connectivity index (χ0v) is 20.1. The second kappa shape index (κ2) is 8.63. The lowest BCUT2D eigenvalue weighted by Gasteiger charge is -2.23. The first kappa shape index (κ1) is 22.7. The maximum Gasteiger partial charge on any atom is 0.301 e. The van der Waals surface area contributed by atoms with Crippen molar-refractivity contribution in [3.05, 3.63) is 94.8 Å². The summed E-state index contributed by atoms with van der Waals surface area (Å²) in [4.78, 5) is 34.5. The lowest BCUT2D eigenvalue weighted by Crippen LogP contribution is -2.29. The predicted molar refractivity (Wildman–Crippen MR) is 136 cm³/mol. The average Bonchev–Trinajstić information content (AvgIpc) is 3.37. The number of aromatic nitrogens is 1. The molecular weight excluding hydrogens is 465 g/mol. The van der Waals surface area contributed by atoms with Crippen molar-refractivity contribution < 1.29 is 19.1 Å². The molecule has 6 nitrogen and oxygen atoms in total. The van der Waals surface area contributed by atoms with Gasteiger partial charge in [-0.3, -0.25) is 14.5 Å². The summed E-state index contributed by atoms with van der Waals surface area (Å²) in [6, 6.07) is 17.5. The second-order valence-corrected chi connectivity index (χ2v) is 9.64. The Morgan fingerprint density at radius 3 is 2.37 bits per heavy atom. The third-order valence-corrected chi connectivity index (χ3v) is 7.04. The minimum absolute atomic E-state index is 0.0605. The number of Topliss-reactive ketones (excluding diaryl/α,β-unsaturated/α-hetero) is 1. The first-order valence-electron chi connectivity index (χ1n) is 11.0. The molecule has 0 spiro atoms. The number of hydrogen-bond donors (Lipinski definition) is 1. The van der Waals surface area contributed by atoms with E-state index < -0.39 is 23.5 Å². The van der Waals surface area contributed by atoms with E-state index >= 15 is 0 Å². The van der Waals surface area contributed by atoms with E-state index in [4.69, 9.17) is 0 Å². The second-order valence-electron chi connectivity index (χ2n) is 8.63. The van der Waals surface area contributed by atoms with Gasteiger partial charge in [0.2, 0.25) is 0 Å². The number of benzene rings is 3. The van der Waals surface area contributed by atoms with E-state index in [1.807, 2.05) is 68.4 Å². The fraction of sp³-hybridized carbons (Fsp3) is 0.148. The lowest BCUT2D eigenvalue weighted by molar-refractivity contribution is -0.132. The number of anilines is 2. The van der Waals surface area contributed by atoms with Gasteiger partial charge in [0.25, 0.3) is 5.78 Å². The van der Waals surface area contributed by atoms with Crippen molar-refractivity contribution in [2.45, 2.75) is 13.0 Å². The smallest absolute Gasteiger partial charge is 0.301 e. The minimum Gasteiger partial charge on any atom is -0.507 e. The Morgan fingerprint density at radius 2 is 1.71 bits per heavy atom. The maximum atomic E-state index is 13.5. The topological polar surface area (TPSA) is 73.7 Å². The summed E-state index contributed by atoms with van der Waals surface area (Å²) in [5.41, 5.74) is 3.56. The first-order valence-corrected chi connectivity index (χ1v) is 11.8. The number of amides is 1. The van der Waals surface area contributed by atoms with Crippen LogP contribution in [0.2, 0.25) is 0 Å². The van der Waals surface area contributed by atoms with E-state index in [9.17, 15) is 19.1 Å². The average molecular weight is 488 g/mol. The molecule has 2 heterocycles. The van der Waals surface area contributed by atoms with Crippen molar-refractivity contribution >= 4 is 49.8 Å². The summed E-state index contributed by atoms with van der Waals surface area (Å²) >= 11 is 1.31. The number of halogens is 1. The van der Waals surface area contributed by atoms with Gasteiger partial charge in [0.15, 0.2) is 5.13 Å². The third kappa shape index (κ3) is 3.95. The molecule has 176 valence electrons. The molecule has 1 saturated heterocycles. The minimum atomic E-state index is -0.891. The molecule has 4 aromatic rings. The van der Waals surface area contributed by atoms with Crippen molar-refractivity contribution in [1.29, 1.82) is 0 Å². The summed E-state index contributed by atoms with van der Waals surface area (Å²) < 4.78 is 14.4. The number of aryl methyl sites for hydroxylation is 1. The van der Waals surface area contributed by atoms with Crippen LogP contribution in [0.4, 0.5) is 15.2 Å². The number of nitrogens with zero attached hydrogens (tertiary/aromatic N) is 3. The number of ketones is 1. The maximum absolute atomic E-state index is 13.5. The van der Waals surface area contributed by atoms with Crippen LogP contribution < -0.4 is 9.80 Å². The van der Waals surface area contributed by atoms with Crippen LogP contribution in [0.3, 0.4) is 0 Å². The van der Waals surface area contributed by atoms with Crippen molar-refractivity contribution in [2.24, 2.45) is 0 Å². The molecule has 1 aliphatic rings. The van der Waals surface area contributed by atoms with Gasteiger partial charge in [-0.2, -0.15) is 0 Å². The molecule has 3 aromatic carbocycles. The molecular formula is C27H22FN3O3S. The van der Waals surface area contributed by atoms with Crippen molar-refractivity contribution in [1.82, 2.24) is 4.98 Å². The summed E-state index contributed by atoms with van der Waals surface area (Å²) in [6.07, 6.45) is 0. The van der Waals surface area contributed by atoms with Crippen LogP contribution in [0.15, 0.2) is 72.3 Å². The van der Waals surface area contributed by atoms with Gasteiger partial charge in [0.05, 0.1) is 21.8 Å². The van der Waals surface area contributed by atoms with E-state index in [-0.39, 0.29) is 16.9 Å². The van der Waals surface area contributed by atoms with Crippen molar-refractivity contribution in [3.63, 3.8) is 0 Å². The normalized spacial score (nSPS) is 17.4. The Bertz CT molecular complexity index is 1490. The van der Waals surface area contributed by atoms with Crippen LogP contribution in [0.5, 0.6) is 0 Å². The number of carbonyl (C=O) groups excluding carboxylic acids is 2. The fourth-order valence-electron chi connectivity index (χ4n) is 4.19. The molecule has 0 radical (unpaired) electrons.